The molecule has 3 aromatic rings. The van der Waals surface area contributed by atoms with E-state index in [9.17, 15) is 29.7 Å². The molecular formula is C52H70N10O6. The fraction of sp³-hybridized carbons (Fsp3) is 0.596. The Morgan fingerprint density at radius 2 is 1.47 bits per heavy atom. The first-order chi connectivity index (χ1) is 32.7. The van der Waals surface area contributed by atoms with Crippen LogP contribution in [0.5, 0.6) is 11.5 Å². The molecule has 6 heterocycles. The van der Waals surface area contributed by atoms with Crippen molar-refractivity contribution in [3.63, 3.8) is 0 Å². The molecule has 364 valence electrons. The number of nitrogens with one attached hydrogen (secondary N) is 3. The second-order valence-corrected chi connectivity index (χ2v) is 21.2. The number of nitrogens with zero attached hydrogens (tertiary/aromatic N) is 7. The van der Waals surface area contributed by atoms with E-state index in [-0.39, 0.29) is 48.7 Å². The number of terminal acetylenes is 1. The van der Waals surface area contributed by atoms with E-state index >= 15 is 0 Å². The number of piperazine rings is 1. The second-order valence-electron chi connectivity index (χ2n) is 21.2. The number of aromatic hydroxyl groups is 2. The molecule has 6 N–H and O–H groups in total. The molecule has 68 heavy (non-hydrogen) atoms. The number of β-amino-alcohol motifs (C(OH)–C–C–N with tert-alkyl or cyclic N) is 1. The third-order valence-corrected chi connectivity index (χ3v) is 15.9. The number of carbonyl (C=O) groups is 3. The topological polar surface area (TPSA) is 190 Å². The van der Waals surface area contributed by atoms with Crippen molar-refractivity contribution in [2.24, 2.45) is 11.3 Å². The molecule has 3 amide bonds. The zero-order valence-electron chi connectivity index (χ0n) is 39.9. The van der Waals surface area contributed by atoms with Crippen LogP contribution in [0.3, 0.4) is 0 Å². The first-order valence-corrected chi connectivity index (χ1v) is 25.0. The highest BCUT2D eigenvalue weighted by atomic mass is 16.3. The molecule has 0 spiro atoms. The van der Waals surface area contributed by atoms with Gasteiger partial charge in [0.05, 0.1) is 23.5 Å². The molecule has 0 bridgehead atoms. The van der Waals surface area contributed by atoms with Crippen LogP contribution in [0.4, 0.5) is 11.5 Å². The van der Waals surface area contributed by atoms with E-state index in [1.807, 2.05) is 39.0 Å². The fourth-order valence-corrected chi connectivity index (χ4v) is 11.9. The van der Waals surface area contributed by atoms with Crippen LogP contribution >= 0.6 is 0 Å². The van der Waals surface area contributed by atoms with Crippen LogP contribution in [0.25, 0.3) is 11.3 Å². The maximum atomic E-state index is 14.2. The Morgan fingerprint density at radius 1 is 0.794 bits per heavy atom. The number of phenols is 2. The van der Waals surface area contributed by atoms with Crippen LogP contribution < -0.4 is 20.9 Å². The number of piperidine rings is 2. The Hall–Kier alpha value is -5.47. The number of para-hydroxylation sites is 1. The summed E-state index contributed by atoms with van der Waals surface area (Å²) in [5.74, 6) is 2.33. The number of fused-ring (bicyclic) bond motifs is 3. The van der Waals surface area contributed by atoms with Gasteiger partial charge in [0.2, 0.25) is 17.7 Å². The third-order valence-electron chi connectivity index (χ3n) is 15.9. The van der Waals surface area contributed by atoms with E-state index in [1.54, 1.807) is 18.2 Å². The van der Waals surface area contributed by atoms with Crippen molar-refractivity contribution in [3.8, 4) is 35.1 Å². The molecule has 5 fully saturated rings. The Bertz CT molecular complexity index is 2340. The Balaban J connectivity index is 0.707. The molecule has 5 aliphatic heterocycles. The maximum absolute atomic E-state index is 14.2. The van der Waals surface area contributed by atoms with Gasteiger partial charge in [-0.1, -0.05) is 44.9 Å². The minimum atomic E-state index is -0.913. The molecule has 1 aliphatic carbocycles. The standard InChI is InChI=1S/C52H70N10O6/c1-5-33-10-11-35(46(65)26-33)29-54-50(67)44-27-40(63)32-62(44)51(68)47(52(2,3)4)55-49(66)34-12-14-36(15-13-34)58-20-16-37(17-21-58)59-22-18-38(19-23-59)60-24-25-61-39(31-60)30-53-48-43(61)28-42(56-57-48)41-8-6-7-9-45(41)64/h1,6-11,26,28,34,36-40,44,47,63-65H,12-25,27,29-32H2,2-4H3,(H,53,57)(H,54,67)(H,55,66)/t34-,36-,39-,40+,44-,47+/m0/s1. The molecule has 0 radical (unpaired) electrons. The van der Waals surface area contributed by atoms with Gasteiger partial charge in [0.25, 0.3) is 0 Å². The number of benzene rings is 2. The SMILES string of the molecule is C#Cc1ccc(CNC(=O)[C@@H]2C[C@@H](O)CN2C(=O)[C@@H](NC(=O)[C@H]2CC[C@H](N3CCC(N4CCC(N5CCN6c7cc(-c8ccccc8O)nnc7NC[C@H]6C5)CC4)CC3)CC2)C(C)(C)C)c(O)c1. The van der Waals surface area contributed by atoms with Crippen LogP contribution in [0.15, 0.2) is 48.5 Å². The number of aliphatic hydroxyl groups is 1. The van der Waals surface area contributed by atoms with Gasteiger partial charge in [-0.2, -0.15) is 0 Å². The summed E-state index contributed by atoms with van der Waals surface area (Å²) in [5, 5.41) is 49.8. The number of amides is 3. The minimum absolute atomic E-state index is 0.00362. The quantitative estimate of drug-likeness (QED) is 0.162. The number of likely N-dealkylation sites (tertiary alicyclic amines) is 3. The molecule has 2 aromatic carbocycles. The molecule has 0 unspecified atom stereocenters. The van der Waals surface area contributed by atoms with Gasteiger partial charge in [0.15, 0.2) is 5.82 Å². The van der Waals surface area contributed by atoms with Crippen LogP contribution in [0.2, 0.25) is 0 Å². The highest BCUT2D eigenvalue weighted by Gasteiger charge is 2.46. The van der Waals surface area contributed by atoms with Gasteiger partial charge in [-0.05, 0) is 113 Å². The van der Waals surface area contributed by atoms with Crippen LogP contribution in [-0.2, 0) is 20.9 Å². The van der Waals surface area contributed by atoms with Crippen molar-refractivity contribution >= 4 is 29.2 Å². The molecule has 6 aliphatic rings. The Labute approximate surface area is 400 Å². The first-order valence-electron chi connectivity index (χ1n) is 25.0. The number of phenolic OH excluding ortho intramolecular Hbond substituents is 2. The van der Waals surface area contributed by atoms with E-state index in [4.69, 9.17) is 6.42 Å². The largest absolute Gasteiger partial charge is 0.508 e. The lowest BCUT2D eigenvalue weighted by Gasteiger charge is -2.50. The third kappa shape index (κ3) is 10.3. The average Bonchev–Trinajstić information content (AvgIpc) is 3.76. The summed E-state index contributed by atoms with van der Waals surface area (Å²) in [6, 6.07) is 14.4. The van der Waals surface area contributed by atoms with Gasteiger partial charge in [-0.3, -0.25) is 19.3 Å². The van der Waals surface area contributed by atoms with Crippen molar-refractivity contribution in [1.82, 2.24) is 40.4 Å². The molecule has 4 saturated heterocycles. The van der Waals surface area contributed by atoms with Crippen LogP contribution in [0, 0.1) is 23.7 Å². The Morgan fingerprint density at radius 3 is 2.13 bits per heavy atom. The van der Waals surface area contributed by atoms with Crippen LogP contribution in [-0.4, -0.2) is 164 Å². The van der Waals surface area contributed by atoms with E-state index in [1.165, 1.54) is 36.6 Å². The predicted molar refractivity (Wildman–Crippen MR) is 261 cm³/mol. The van der Waals surface area contributed by atoms with Crippen molar-refractivity contribution in [2.75, 3.05) is 69.1 Å². The summed E-state index contributed by atoms with van der Waals surface area (Å²) in [6.07, 6.45) is 12.8. The molecule has 1 aromatic heterocycles. The molecule has 1 saturated carbocycles. The summed E-state index contributed by atoms with van der Waals surface area (Å²) in [5.41, 5.74) is 2.81. The Kier molecular flexibility index (Phi) is 14.2. The maximum Gasteiger partial charge on any atom is 0.246 e. The number of aromatic nitrogens is 2. The lowest BCUT2D eigenvalue weighted by Crippen LogP contribution is -2.61. The number of carbonyl (C=O) groups excluding carboxylic acids is 3. The summed E-state index contributed by atoms with van der Waals surface area (Å²) < 4.78 is 0. The van der Waals surface area contributed by atoms with Crippen molar-refractivity contribution < 1.29 is 29.7 Å². The van der Waals surface area contributed by atoms with Gasteiger partial charge >= 0.3 is 0 Å². The van der Waals surface area contributed by atoms with Gasteiger partial charge in [0.1, 0.15) is 23.6 Å². The highest BCUT2D eigenvalue weighted by Crippen LogP contribution is 2.38. The van der Waals surface area contributed by atoms with Crippen molar-refractivity contribution in [3.05, 3.63) is 59.7 Å². The van der Waals surface area contributed by atoms with E-state index in [2.05, 4.69) is 57.7 Å². The molecule has 9 rings (SSSR count). The molecule has 16 nitrogen and oxygen atoms in total. The van der Waals surface area contributed by atoms with E-state index in [0.717, 1.165) is 89.5 Å². The number of hydrogen-bond donors (Lipinski definition) is 6. The summed E-state index contributed by atoms with van der Waals surface area (Å²) in [6.45, 7) is 14.0. The minimum Gasteiger partial charge on any atom is -0.508 e. The normalized spacial score (nSPS) is 26.0. The zero-order valence-corrected chi connectivity index (χ0v) is 39.9. The van der Waals surface area contributed by atoms with Gasteiger partial charge < -0.3 is 50.9 Å². The first kappa shape index (κ1) is 47.6. The molecule has 16 heteroatoms. The summed E-state index contributed by atoms with van der Waals surface area (Å²) in [4.78, 5) is 53.6. The number of aliphatic hydroxyl groups excluding tert-OH is 1. The summed E-state index contributed by atoms with van der Waals surface area (Å²) in [7, 11) is 0. The van der Waals surface area contributed by atoms with Crippen molar-refractivity contribution in [2.45, 2.75) is 127 Å². The van der Waals surface area contributed by atoms with Gasteiger partial charge in [-0.15, -0.1) is 16.6 Å². The fourth-order valence-electron chi connectivity index (χ4n) is 11.9. The van der Waals surface area contributed by atoms with Crippen LogP contribution in [0.1, 0.15) is 89.7 Å². The smallest absolute Gasteiger partial charge is 0.246 e. The van der Waals surface area contributed by atoms with E-state index < -0.39 is 29.5 Å². The average molecular weight is 931 g/mol. The predicted octanol–water partition coefficient (Wildman–Crippen LogP) is 3.75. The highest BCUT2D eigenvalue weighted by molar-refractivity contribution is 5.93. The van der Waals surface area contributed by atoms with E-state index in [0.29, 0.717) is 46.6 Å². The lowest BCUT2D eigenvalue weighted by atomic mass is 9.82. The monoisotopic (exact) mass is 931 g/mol. The number of rotatable bonds is 10. The second kappa shape index (κ2) is 20.2. The van der Waals surface area contributed by atoms with Gasteiger partial charge in [0, 0.05) is 86.4 Å². The van der Waals surface area contributed by atoms with Gasteiger partial charge in [-0.25, -0.2) is 0 Å². The lowest BCUT2D eigenvalue weighted by molar-refractivity contribution is -0.144. The molecular weight excluding hydrogens is 861 g/mol. The zero-order chi connectivity index (χ0) is 47.7. The molecule has 4 atom stereocenters. The van der Waals surface area contributed by atoms with Crippen molar-refractivity contribution in [1.29, 1.82) is 0 Å². The number of anilines is 2. The number of hydrogen-bond acceptors (Lipinski definition) is 13. The summed E-state index contributed by atoms with van der Waals surface area (Å²) >= 11 is 0.